The van der Waals surface area contributed by atoms with Crippen LogP contribution in [0.5, 0.6) is 0 Å². The standard InChI is InChI=1S/C14H20N2O3/c1-11-3-5-12(6-4-11)9-13(17)16-10-14(18)15-7-8-19-2/h3-6H,7-10H2,1-2H3,(H,15,18)(H,16,17). The summed E-state index contributed by atoms with van der Waals surface area (Å²) < 4.78 is 4.80. The van der Waals surface area contributed by atoms with Crippen LogP contribution in [0.1, 0.15) is 11.1 Å². The summed E-state index contributed by atoms with van der Waals surface area (Å²) in [6, 6.07) is 7.74. The zero-order chi connectivity index (χ0) is 14.1. The first kappa shape index (κ1) is 15.2. The average Bonchev–Trinajstić information content (AvgIpc) is 2.39. The van der Waals surface area contributed by atoms with Crippen molar-refractivity contribution in [1.29, 1.82) is 0 Å². The molecule has 0 spiro atoms. The van der Waals surface area contributed by atoms with Gasteiger partial charge in [0, 0.05) is 13.7 Å². The Hall–Kier alpha value is -1.88. The molecular weight excluding hydrogens is 244 g/mol. The lowest BCUT2D eigenvalue weighted by Gasteiger charge is -2.06. The van der Waals surface area contributed by atoms with Crippen molar-refractivity contribution in [2.24, 2.45) is 0 Å². The molecule has 19 heavy (non-hydrogen) atoms. The number of ether oxygens (including phenoxy) is 1. The molecule has 1 aromatic carbocycles. The van der Waals surface area contributed by atoms with E-state index in [4.69, 9.17) is 4.74 Å². The molecule has 0 atom stereocenters. The molecule has 5 nitrogen and oxygen atoms in total. The number of methoxy groups -OCH3 is 1. The third-order valence-electron chi connectivity index (χ3n) is 2.56. The van der Waals surface area contributed by atoms with Gasteiger partial charge in [0.25, 0.3) is 0 Å². The molecule has 0 bridgehead atoms. The van der Waals surface area contributed by atoms with Crippen molar-refractivity contribution in [2.75, 3.05) is 26.8 Å². The molecule has 0 aliphatic rings. The van der Waals surface area contributed by atoms with E-state index in [1.165, 1.54) is 0 Å². The van der Waals surface area contributed by atoms with Crippen molar-refractivity contribution in [3.8, 4) is 0 Å². The number of benzene rings is 1. The average molecular weight is 264 g/mol. The minimum Gasteiger partial charge on any atom is -0.383 e. The molecule has 0 saturated heterocycles. The SMILES string of the molecule is COCCNC(=O)CNC(=O)Cc1ccc(C)cc1. The molecule has 0 saturated carbocycles. The molecule has 5 heteroatoms. The lowest BCUT2D eigenvalue weighted by atomic mass is 10.1. The minimum absolute atomic E-state index is 0.00555. The molecule has 0 radical (unpaired) electrons. The zero-order valence-electron chi connectivity index (χ0n) is 11.4. The van der Waals surface area contributed by atoms with Crippen LogP contribution in [0, 0.1) is 6.92 Å². The highest BCUT2D eigenvalue weighted by Gasteiger charge is 2.05. The summed E-state index contributed by atoms with van der Waals surface area (Å²) in [6.07, 6.45) is 0.283. The summed E-state index contributed by atoms with van der Waals surface area (Å²) in [5.74, 6) is -0.375. The van der Waals surface area contributed by atoms with Gasteiger partial charge in [0.05, 0.1) is 19.6 Å². The van der Waals surface area contributed by atoms with Crippen LogP contribution in [-0.2, 0) is 20.7 Å². The molecule has 0 aliphatic heterocycles. The van der Waals surface area contributed by atoms with Gasteiger partial charge in [0.2, 0.25) is 11.8 Å². The van der Waals surface area contributed by atoms with Crippen molar-refractivity contribution >= 4 is 11.8 Å². The molecule has 0 aromatic heterocycles. The van der Waals surface area contributed by atoms with Crippen LogP contribution < -0.4 is 10.6 Å². The van der Waals surface area contributed by atoms with Crippen molar-refractivity contribution in [3.63, 3.8) is 0 Å². The highest BCUT2D eigenvalue weighted by atomic mass is 16.5. The molecule has 0 fully saturated rings. The number of nitrogens with one attached hydrogen (secondary N) is 2. The van der Waals surface area contributed by atoms with E-state index in [-0.39, 0.29) is 24.8 Å². The monoisotopic (exact) mass is 264 g/mol. The predicted molar refractivity (Wildman–Crippen MR) is 72.8 cm³/mol. The van der Waals surface area contributed by atoms with E-state index in [1.807, 2.05) is 31.2 Å². The fourth-order valence-electron chi connectivity index (χ4n) is 1.49. The maximum Gasteiger partial charge on any atom is 0.239 e. The first-order chi connectivity index (χ1) is 9.11. The Bertz CT molecular complexity index is 415. The van der Waals surface area contributed by atoms with Crippen molar-refractivity contribution < 1.29 is 14.3 Å². The molecule has 1 rings (SSSR count). The Kier molecular flexibility index (Phi) is 6.60. The molecule has 2 N–H and O–H groups in total. The Balaban J connectivity index is 2.24. The van der Waals surface area contributed by atoms with Gasteiger partial charge in [-0.2, -0.15) is 0 Å². The summed E-state index contributed by atoms with van der Waals surface area (Å²) >= 11 is 0. The largest absolute Gasteiger partial charge is 0.383 e. The second kappa shape index (κ2) is 8.26. The number of carbonyl (C=O) groups excluding carboxylic acids is 2. The number of hydrogen-bond donors (Lipinski definition) is 2. The summed E-state index contributed by atoms with van der Waals surface area (Å²) in [5, 5.41) is 5.21. The molecular formula is C14H20N2O3. The van der Waals surface area contributed by atoms with E-state index in [0.29, 0.717) is 13.2 Å². The first-order valence-electron chi connectivity index (χ1n) is 6.19. The molecule has 2 amide bonds. The van der Waals surface area contributed by atoms with E-state index in [9.17, 15) is 9.59 Å². The summed E-state index contributed by atoms with van der Waals surface area (Å²) in [7, 11) is 1.56. The van der Waals surface area contributed by atoms with E-state index in [1.54, 1.807) is 7.11 Å². The van der Waals surface area contributed by atoms with Crippen LogP contribution in [0.2, 0.25) is 0 Å². The van der Waals surface area contributed by atoms with Crippen LogP contribution in [0.3, 0.4) is 0 Å². The Morgan fingerprint density at radius 1 is 1.11 bits per heavy atom. The summed E-state index contributed by atoms with van der Waals surface area (Å²) in [6.45, 7) is 2.90. The Morgan fingerprint density at radius 2 is 1.79 bits per heavy atom. The third-order valence-corrected chi connectivity index (χ3v) is 2.56. The summed E-state index contributed by atoms with van der Waals surface area (Å²) in [5.41, 5.74) is 2.09. The van der Waals surface area contributed by atoms with Gasteiger partial charge < -0.3 is 15.4 Å². The van der Waals surface area contributed by atoms with E-state index in [0.717, 1.165) is 11.1 Å². The second-order valence-corrected chi connectivity index (χ2v) is 4.28. The van der Waals surface area contributed by atoms with Gasteiger partial charge in [0.15, 0.2) is 0 Å². The number of amides is 2. The van der Waals surface area contributed by atoms with Crippen molar-refractivity contribution in [2.45, 2.75) is 13.3 Å². The fourth-order valence-corrected chi connectivity index (χ4v) is 1.49. The number of aryl methyl sites for hydroxylation is 1. The molecule has 0 heterocycles. The van der Waals surface area contributed by atoms with Crippen LogP contribution in [0.25, 0.3) is 0 Å². The summed E-state index contributed by atoms with van der Waals surface area (Å²) in [4.78, 5) is 23.0. The van der Waals surface area contributed by atoms with Crippen molar-refractivity contribution in [3.05, 3.63) is 35.4 Å². The smallest absolute Gasteiger partial charge is 0.239 e. The van der Waals surface area contributed by atoms with Gasteiger partial charge in [-0.3, -0.25) is 9.59 Å². The molecule has 0 unspecified atom stereocenters. The normalized spacial score (nSPS) is 10.0. The van der Waals surface area contributed by atoms with E-state index in [2.05, 4.69) is 10.6 Å². The predicted octanol–water partition coefficient (Wildman–Crippen LogP) is 0.416. The molecule has 1 aromatic rings. The quantitative estimate of drug-likeness (QED) is 0.701. The number of carbonyl (C=O) groups is 2. The fraction of sp³-hybridized carbons (Fsp3) is 0.429. The van der Waals surface area contributed by atoms with Gasteiger partial charge in [-0.1, -0.05) is 29.8 Å². The highest BCUT2D eigenvalue weighted by molar-refractivity contribution is 5.85. The number of rotatable bonds is 7. The van der Waals surface area contributed by atoms with Gasteiger partial charge in [-0.15, -0.1) is 0 Å². The van der Waals surface area contributed by atoms with Gasteiger partial charge in [0.1, 0.15) is 0 Å². The van der Waals surface area contributed by atoms with Crippen LogP contribution in [0.4, 0.5) is 0 Å². The topological polar surface area (TPSA) is 67.4 Å². The van der Waals surface area contributed by atoms with Gasteiger partial charge >= 0.3 is 0 Å². The lowest BCUT2D eigenvalue weighted by molar-refractivity contribution is -0.125. The maximum absolute atomic E-state index is 11.6. The maximum atomic E-state index is 11.6. The van der Waals surface area contributed by atoms with Crippen LogP contribution in [0.15, 0.2) is 24.3 Å². The Labute approximate surface area is 113 Å². The van der Waals surface area contributed by atoms with Crippen molar-refractivity contribution in [1.82, 2.24) is 10.6 Å². The molecule has 0 aliphatic carbocycles. The Morgan fingerprint density at radius 3 is 2.42 bits per heavy atom. The minimum atomic E-state index is -0.214. The first-order valence-corrected chi connectivity index (χ1v) is 6.19. The van der Waals surface area contributed by atoms with Crippen LogP contribution >= 0.6 is 0 Å². The number of hydrogen-bond acceptors (Lipinski definition) is 3. The second-order valence-electron chi connectivity index (χ2n) is 4.28. The van der Waals surface area contributed by atoms with Gasteiger partial charge in [-0.25, -0.2) is 0 Å². The van der Waals surface area contributed by atoms with E-state index >= 15 is 0 Å². The van der Waals surface area contributed by atoms with E-state index < -0.39 is 0 Å². The van der Waals surface area contributed by atoms with Gasteiger partial charge in [-0.05, 0) is 12.5 Å². The third kappa shape index (κ3) is 6.57. The molecule has 104 valence electrons. The zero-order valence-corrected chi connectivity index (χ0v) is 11.4. The highest BCUT2D eigenvalue weighted by Crippen LogP contribution is 2.03. The van der Waals surface area contributed by atoms with Crippen LogP contribution in [-0.4, -0.2) is 38.6 Å². The lowest BCUT2D eigenvalue weighted by Crippen LogP contribution is -2.38.